The van der Waals surface area contributed by atoms with Crippen molar-refractivity contribution in [3.63, 3.8) is 0 Å². The zero-order valence-corrected chi connectivity index (χ0v) is 19.9. The van der Waals surface area contributed by atoms with Gasteiger partial charge in [-0.05, 0) is 48.1 Å². The van der Waals surface area contributed by atoms with Crippen LogP contribution in [0.5, 0.6) is 5.75 Å². The summed E-state index contributed by atoms with van der Waals surface area (Å²) >= 11 is 0. The van der Waals surface area contributed by atoms with Crippen LogP contribution in [0.25, 0.3) is 0 Å². The van der Waals surface area contributed by atoms with Crippen LogP contribution in [0.2, 0.25) is 0 Å². The Morgan fingerprint density at radius 3 is 2.71 bits per heavy atom. The van der Waals surface area contributed by atoms with Crippen LogP contribution in [-0.2, 0) is 20.7 Å². The number of β-amino-alcohol motifs (C(OH)–C–C–N with tert-alkyl or cyclic N) is 1. The van der Waals surface area contributed by atoms with Crippen molar-refractivity contribution in [3.8, 4) is 5.75 Å². The van der Waals surface area contributed by atoms with Crippen LogP contribution in [0.4, 0.5) is 0 Å². The molecule has 0 radical (unpaired) electrons. The fraction of sp³-hybridized carbons (Fsp3) is 0.407. The van der Waals surface area contributed by atoms with Gasteiger partial charge < -0.3 is 30.9 Å². The molecule has 0 fully saturated rings. The molecular formula is C27H33N3O5. The van der Waals surface area contributed by atoms with Gasteiger partial charge in [0.15, 0.2) is 0 Å². The monoisotopic (exact) mass is 479 g/mol. The first-order chi connectivity index (χ1) is 17.0. The Labute approximate surface area is 205 Å². The Bertz CT molecular complexity index is 1060. The number of primary amides is 1. The van der Waals surface area contributed by atoms with E-state index in [1.807, 2.05) is 54.6 Å². The number of aliphatic hydroxyl groups excluding tert-OH is 1. The minimum Gasteiger partial charge on any atom is -0.497 e. The Kier molecular flexibility index (Phi) is 8.17. The summed E-state index contributed by atoms with van der Waals surface area (Å²) in [7, 11) is 1.64. The number of methoxy groups -OCH3 is 1. The van der Waals surface area contributed by atoms with Gasteiger partial charge in [-0.2, -0.15) is 0 Å². The largest absolute Gasteiger partial charge is 0.497 e. The molecule has 186 valence electrons. The lowest BCUT2D eigenvalue weighted by Crippen LogP contribution is -2.52. The molecule has 0 spiro atoms. The van der Waals surface area contributed by atoms with Gasteiger partial charge in [-0.3, -0.25) is 9.59 Å². The molecule has 0 unspecified atom stereocenters. The van der Waals surface area contributed by atoms with Gasteiger partial charge in [0.25, 0.3) is 0 Å². The normalized spacial score (nSPS) is 28.2. The third kappa shape index (κ3) is 6.08. The predicted octanol–water partition coefficient (Wildman–Crippen LogP) is 1.94. The van der Waals surface area contributed by atoms with E-state index in [0.29, 0.717) is 19.4 Å². The van der Waals surface area contributed by atoms with Gasteiger partial charge in [0.05, 0.1) is 32.0 Å². The molecule has 0 aromatic heterocycles. The topological polar surface area (TPSA) is 123 Å². The summed E-state index contributed by atoms with van der Waals surface area (Å²) in [5.74, 6) is -1.46. The van der Waals surface area contributed by atoms with Crippen LogP contribution in [0.15, 0.2) is 60.7 Å². The number of allylic oxidation sites excluding steroid dienone is 1. The number of benzene rings is 2. The van der Waals surface area contributed by atoms with Crippen molar-refractivity contribution in [3.05, 3.63) is 77.4 Å². The van der Waals surface area contributed by atoms with E-state index in [9.17, 15) is 14.7 Å². The summed E-state index contributed by atoms with van der Waals surface area (Å²) in [6, 6.07) is 14.9. The minimum atomic E-state index is -1.03. The predicted molar refractivity (Wildman–Crippen MR) is 132 cm³/mol. The highest BCUT2D eigenvalue weighted by molar-refractivity contribution is 5.99. The summed E-state index contributed by atoms with van der Waals surface area (Å²) in [5.41, 5.74) is 8.66. The molecule has 2 amide bonds. The van der Waals surface area contributed by atoms with Crippen LogP contribution in [0.1, 0.15) is 41.7 Å². The SMILES string of the molecule is COc1ccc2c(c1)[C@@H]1C[C@H]2OC/C=C/C[C@@H](C(N)=O)C(=O)N[C@@H](Cc2ccccc2)[C@H](O)CN1. The molecule has 2 aliphatic rings. The van der Waals surface area contributed by atoms with Crippen LogP contribution >= 0.6 is 0 Å². The Morgan fingerprint density at radius 2 is 1.97 bits per heavy atom. The van der Waals surface area contributed by atoms with Crippen molar-refractivity contribution < 1.29 is 24.2 Å². The van der Waals surface area contributed by atoms with E-state index in [1.54, 1.807) is 13.2 Å². The average molecular weight is 480 g/mol. The first-order valence-corrected chi connectivity index (χ1v) is 12.0. The summed E-state index contributed by atoms with van der Waals surface area (Å²) < 4.78 is 11.5. The lowest BCUT2D eigenvalue weighted by Gasteiger charge is -2.27. The van der Waals surface area contributed by atoms with Crippen LogP contribution < -0.4 is 21.1 Å². The van der Waals surface area contributed by atoms with Gasteiger partial charge in [0.2, 0.25) is 11.8 Å². The van der Waals surface area contributed by atoms with E-state index in [-0.39, 0.29) is 25.1 Å². The Hall–Kier alpha value is -3.20. The maximum absolute atomic E-state index is 13.0. The van der Waals surface area contributed by atoms with Crippen molar-refractivity contribution in [2.45, 2.75) is 43.6 Å². The number of fused-ring (bicyclic) bond motifs is 5. The number of aliphatic hydroxyl groups is 1. The van der Waals surface area contributed by atoms with E-state index in [1.165, 1.54) is 0 Å². The fourth-order valence-electron chi connectivity index (χ4n) is 4.76. The number of nitrogens with one attached hydrogen (secondary N) is 2. The van der Waals surface area contributed by atoms with E-state index in [2.05, 4.69) is 10.6 Å². The third-order valence-electron chi connectivity index (χ3n) is 6.72. The number of hydrogen-bond acceptors (Lipinski definition) is 6. The number of ether oxygens (including phenoxy) is 2. The molecule has 1 aliphatic heterocycles. The second kappa shape index (κ2) is 11.5. The Morgan fingerprint density at radius 1 is 1.17 bits per heavy atom. The lowest BCUT2D eigenvalue weighted by molar-refractivity contribution is -0.134. The quantitative estimate of drug-likeness (QED) is 0.393. The molecule has 2 bridgehead atoms. The minimum absolute atomic E-state index is 0.0414. The maximum atomic E-state index is 13.0. The van der Waals surface area contributed by atoms with Gasteiger partial charge in [-0.1, -0.05) is 48.6 Å². The summed E-state index contributed by atoms with van der Waals surface area (Å²) in [5, 5.41) is 17.5. The molecule has 2 aromatic rings. The van der Waals surface area contributed by atoms with Crippen molar-refractivity contribution in [2.24, 2.45) is 11.7 Å². The zero-order valence-electron chi connectivity index (χ0n) is 19.9. The maximum Gasteiger partial charge on any atom is 0.233 e. The highest BCUT2D eigenvalue weighted by Gasteiger charge is 2.34. The Balaban J connectivity index is 1.61. The van der Waals surface area contributed by atoms with Gasteiger partial charge in [-0.15, -0.1) is 0 Å². The highest BCUT2D eigenvalue weighted by Crippen LogP contribution is 2.42. The highest BCUT2D eigenvalue weighted by atomic mass is 16.5. The number of carbonyl (C=O) groups is 2. The van der Waals surface area contributed by atoms with Gasteiger partial charge in [0, 0.05) is 12.6 Å². The first kappa shape index (κ1) is 24.9. The number of rotatable bonds is 4. The molecular weight excluding hydrogens is 446 g/mol. The molecule has 2 aromatic carbocycles. The molecule has 8 heteroatoms. The fourth-order valence-corrected chi connectivity index (χ4v) is 4.76. The van der Waals surface area contributed by atoms with Crippen molar-refractivity contribution in [2.75, 3.05) is 20.3 Å². The molecule has 5 N–H and O–H groups in total. The average Bonchev–Trinajstić information content (AvgIpc) is 3.20. The van der Waals surface area contributed by atoms with Crippen molar-refractivity contribution >= 4 is 11.8 Å². The first-order valence-electron chi connectivity index (χ1n) is 12.0. The van der Waals surface area contributed by atoms with E-state index < -0.39 is 29.9 Å². The standard InChI is InChI=1S/C27H33N3O5/c1-34-18-10-11-19-21(14-18)22-15-25(19)35-12-6-5-9-20(26(28)32)27(33)30-23(24(31)16-29-22)13-17-7-3-2-4-8-17/h2-8,10-11,14,20,22-25,29,31H,9,12-13,15-16H2,1H3,(H2,28,32)(H,30,33)/b6-5+/t20-,22-,23-,24+,25+/m0/s1. The summed E-state index contributed by atoms with van der Waals surface area (Å²) in [6.45, 7) is 0.584. The number of nitrogens with two attached hydrogens (primary N) is 1. The summed E-state index contributed by atoms with van der Waals surface area (Å²) in [4.78, 5) is 25.0. The van der Waals surface area contributed by atoms with Crippen LogP contribution in [0, 0.1) is 5.92 Å². The number of hydrogen-bond donors (Lipinski definition) is 4. The molecule has 0 saturated carbocycles. The molecule has 8 nitrogen and oxygen atoms in total. The third-order valence-corrected chi connectivity index (χ3v) is 6.72. The van der Waals surface area contributed by atoms with E-state index in [0.717, 1.165) is 22.4 Å². The van der Waals surface area contributed by atoms with E-state index in [4.69, 9.17) is 15.2 Å². The zero-order chi connectivity index (χ0) is 24.8. The molecule has 35 heavy (non-hydrogen) atoms. The van der Waals surface area contributed by atoms with Crippen LogP contribution in [-0.4, -0.2) is 49.3 Å². The molecule has 1 aliphatic carbocycles. The van der Waals surface area contributed by atoms with Gasteiger partial charge in [0.1, 0.15) is 11.7 Å². The second-order valence-corrected chi connectivity index (χ2v) is 9.05. The van der Waals surface area contributed by atoms with Crippen molar-refractivity contribution in [1.29, 1.82) is 0 Å². The summed E-state index contributed by atoms with van der Waals surface area (Å²) in [6.07, 6.45) is 3.83. The van der Waals surface area contributed by atoms with Crippen LogP contribution in [0.3, 0.4) is 0 Å². The smallest absolute Gasteiger partial charge is 0.233 e. The lowest BCUT2D eigenvalue weighted by atomic mass is 9.98. The van der Waals surface area contributed by atoms with Gasteiger partial charge in [-0.25, -0.2) is 0 Å². The molecule has 4 rings (SSSR count). The number of amides is 2. The van der Waals surface area contributed by atoms with Gasteiger partial charge >= 0.3 is 0 Å². The molecule has 5 atom stereocenters. The number of carbonyl (C=O) groups excluding carboxylic acids is 2. The molecule has 0 saturated heterocycles. The molecule has 1 heterocycles. The second-order valence-electron chi connectivity index (χ2n) is 9.05. The van der Waals surface area contributed by atoms with Crippen molar-refractivity contribution in [1.82, 2.24) is 10.6 Å². The van der Waals surface area contributed by atoms with E-state index >= 15 is 0 Å².